The van der Waals surface area contributed by atoms with Crippen molar-refractivity contribution in [1.29, 1.82) is 5.41 Å². The molecule has 216 valence electrons. The maximum absolute atomic E-state index is 13.5. The second-order valence-electron chi connectivity index (χ2n) is 10.4. The number of rotatable bonds is 13. The highest BCUT2D eigenvalue weighted by atomic mass is 35.5. The predicted octanol–water partition coefficient (Wildman–Crippen LogP) is 4.65. The van der Waals surface area contributed by atoms with E-state index in [1.54, 1.807) is 13.2 Å². The number of aromatic nitrogens is 4. The van der Waals surface area contributed by atoms with Gasteiger partial charge in [0, 0.05) is 29.4 Å². The van der Waals surface area contributed by atoms with Gasteiger partial charge in [0.05, 0.1) is 19.8 Å². The highest BCUT2D eigenvalue weighted by Gasteiger charge is 2.25. The molecule has 0 unspecified atom stereocenters. The van der Waals surface area contributed by atoms with Crippen LogP contribution in [0.25, 0.3) is 5.65 Å². The number of benzene rings is 1. The number of unbranched alkanes of at least 4 members (excludes halogenated alkanes) is 1. The van der Waals surface area contributed by atoms with Crippen molar-refractivity contribution in [2.24, 2.45) is 0 Å². The number of halogens is 1. The summed E-state index contributed by atoms with van der Waals surface area (Å²) in [6.07, 6.45) is 3.05. The largest absolute Gasteiger partial charge is 0.493 e. The van der Waals surface area contributed by atoms with Crippen LogP contribution >= 0.6 is 12.4 Å². The van der Waals surface area contributed by atoms with Crippen LogP contribution in [0.4, 0.5) is 0 Å². The van der Waals surface area contributed by atoms with E-state index in [1.165, 1.54) is 9.20 Å². The summed E-state index contributed by atoms with van der Waals surface area (Å²) in [4.78, 5) is 13.5. The fraction of sp³-hybridized carbons (Fsp3) is 0.571. The number of fused-ring (bicyclic) bond motifs is 1. The molecule has 3 rings (SSSR count). The van der Waals surface area contributed by atoms with Crippen LogP contribution in [0.5, 0.6) is 17.4 Å². The van der Waals surface area contributed by atoms with E-state index in [1.807, 2.05) is 39.8 Å². The summed E-state index contributed by atoms with van der Waals surface area (Å²) in [5.74, 6) is 1.28. The molecule has 0 saturated carbocycles. The zero-order chi connectivity index (χ0) is 28.0. The van der Waals surface area contributed by atoms with Gasteiger partial charge >= 0.3 is 0 Å². The van der Waals surface area contributed by atoms with Gasteiger partial charge < -0.3 is 19.3 Å². The number of aliphatic hydroxyl groups is 1. The first-order chi connectivity index (χ1) is 18.0. The molecule has 0 fully saturated rings. The van der Waals surface area contributed by atoms with Crippen LogP contribution in [0.2, 0.25) is 0 Å². The van der Waals surface area contributed by atoms with E-state index in [2.05, 4.69) is 24.0 Å². The number of ether oxygens (including phenoxy) is 3. The van der Waals surface area contributed by atoms with Gasteiger partial charge in [-0.15, -0.1) is 22.6 Å². The van der Waals surface area contributed by atoms with E-state index < -0.39 is 0 Å². The Balaban J connectivity index is 0.00000533. The molecule has 10 nitrogen and oxygen atoms in total. The third kappa shape index (κ3) is 7.51. The fourth-order valence-electron chi connectivity index (χ4n) is 4.19. The zero-order valence-corrected chi connectivity index (χ0v) is 24.9. The summed E-state index contributed by atoms with van der Waals surface area (Å²) >= 11 is 0. The number of hydrogen-bond acceptors (Lipinski definition) is 8. The minimum Gasteiger partial charge on any atom is -0.493 e. The van der Waals surface area contributed by atoms with Crippen LogP contribution in [0.15, 0.2) is 18.2 Å². The van der Waals surface area contributed by atoms with Crippen LogP contribution in [-0.4, -0.2) is 56.7 Å². The average molecular weight is 564 g/mol. The molecule has 0 aliphatic rings. The minimum absolute atomic E-state index is 0. The molecule has 11 heteroatoms. The molecule has 2 heterocycles. The Labute approximate surface area is 236 Å². The molecule has 2 aromatic heterocycles. The highest BCUT2D eigenvalue weighted by molar-refractivity contribution is 5.97. The second kappa shape index (κ2) is 13.8. The summed E-state index contributed by atoms with van der Waals surface area (Å²) in [5, 5.41) is 26.7. The first-order valence-electron chi connectivity index (χ1n) is 13.2. The van der Waals surface area contributed by atoms with Crippen LogP contribution in [0.1, 0.15) is 81.8 Å². The Kier molecular flexibility index (Phi) is 11.4. The van der Waals surface area contributed by atoms with Crippen molar-refractivity contribution in [3.05, 3.63) is 40.5 Å². The van der Waals surface area contributed by atoms with Crippen LogP contribution < -0.4 is 19.8 Å². The van der Waals surface area contributed by atoms with E-state index in [4.69, 9.17) is 24.7 Å². The van der Waals surface area contributed by atoms with Gasteiger partial charge in [-0.2, -0.15) is 4.52 Å². The van der Waals surface area contributed by atoms with E-state index in [9.17, 15) is 4.79 Å². The number of Topliss-reactive ketones (excluding diaryl/α,β-unsaturated/α-hetero) is 1. The van der Waals surface area contributed by atoms with Crippen molar-refractivity contribution in [3.8, 4) is 17.4 Å². The number of aliphatic hydroxyl groups excluding tert-OH is 1. The van der Waals surface area contributed by atoms with Crippen molar-refractivity contribution in [2.75, 3.05) is 20.3 Å². The molecule has 1 aromatic carbocycles. The van der Waals surface area contributed by atoms with Gasteiger partial charge in [-0.25, -0.2) is 4.68 Å². The number of carbonyl (C=O) groups excluding carboxylic acids is 1. The van der Waals surface area contributed by atoms with Crippen LogP contribution in [0.3, 0.4) is 0 Å². The number of nitrogens with zero attached hydrogens (tertiary/aromatic N) is 4. The molecule has 2 N–H and O–H groups in total. The number of carbonyl (C=O) groups is 1. The number of ketones is 1. The lowest BCUT2D eigenvalue weighted by Crippen LogP contribution is -2.27. The van der Waals surface area contributed by atoms with Crippen LogP contribution in [-0.2, 0) is 12.0 Å². The molecule has 0 radical (unpaired) electrons. The Morgan fingerprint density at radius 3 is 2.41 bits per heavy atom. The standard InChI is InChI=1S/C28H41N5O5.ClH/c1-8-20(9-2)38-24-14-18(3)26-31-32(27(29)33(26)30-24)17-22(35)19-15-21(28(4,5)6)25(36-7)23(16-19)37-13-11-10-12-34;/h14-16,20,29,34H,8-13,17H2,1-7H3;1H. The van der Waals surface area contributed by atoms with Crippen LogP contribution in [0, 0.1) is 12.3 Å². The van der Waals surface area contributed by atoms with E-state index >= 15 is 0 Å². The SMILES string of the molecule is CCC(CC)Oc1cc(C)c2nn(CC(=O)c3cc(OCCCCO)c(OC)c(C(C)(C)C)c3)c(=N)n2n1.Cl. The topological polar surface area (TPSA) is 124 Å². The average Bonchev–Trinajstić information content (AvgIpc) is 3.19. The third-order valence-corrected chi connectivity index (χ3v) is 6.44. The first kappa shape index (κ1) is 32.1. The van der Waals surface area contributed by atoms with Gasteiger partial charge in [-0.3, -0.25) is 10.2 Å². The van der Waals surface area contributed by atoms with Gasteiger partial charge in [0.15, 0.2) is 22.9 Å². The molecule has 0 aliphatic carbocycles. The number of hydrogen-bond donors (Lipinski definition) is 2. The van der Waals surface area contributed by atoms with Gasteiger partial charge in [-0.05, 0) is 50.2 Å². The second-order valence-corrected chi connectivity index (χ2v) is 10.4. The summed E-state index contributed by atoms with van der Waals surface area (Å²) in [6.45, 7) is 12.5. The molecule has 0 amide bonds. The summed E-state index contributed by atoms with van der Waals surface area (Å²) in [5.41, 5.74) is 2.26. The van der Waals surface area contributed by atoms with Crippen molar-refractivity contribution in [2.45, 2.75) is 85.3 Å². The monoisotopic (exact) mass is 563 g/mol. The Morgan fingerprint density at radius 2 is 1.82 bits per heavy atom. The van der Waals surface area contributed by atoms with Crippen molar-refractivity contribution >= 4 is 23.8 Å². The zero-order valence-electron chi connectivity index (χ0n) is 24.0. The van der Waals surface area contributed by atoms with Gasteiger partial charge in [0.25, 0.3) is 0 Å². The highest BCUT2D eigenvalue weighted by Crippen LogP contribution is 2.40. The Bertz CT molecular complexity index is 1320. The molecule has 0 saturated heterocycles. The third-order valence-electron chi connectivity index (χ3n) is 6.44. The Morgan fingerprint density at radius 1 is 1.13 bits per heavy atom. The number of aryl methyl sites for hydroxylation is 1. The van der Waals surface area contributed by atoms with Gasteiger partial charge in [0.1, 0.15) is 6.54 Å². The summed E-state index contributed by atoms with van der Waals surface area (Å²) < 4.78 is 20.4. The van der Waals surface area contributed by atoms with E-state index in [0.29, 0.717) is 48.0 Å². The van der Waals surface area contributed by atoms with E-state index in [-0.39, 0.29) is 48.5 Å². The molecule has 0 bridgehead atoms. The van der Waals surface area contributed by atoms with Gasteiger partial charge in [-0.1, -0.05) is 34.6 Å². The molecule has 39 heavy (non-hydrogen) atoms. The lowest BCUT2D eigenvalue weighted by atomic mass is 9.84. The number of nitrogens with one attached hydrogen (secondary N) is 1. The summed E-state index contributed by atoms with van der Waals surface area (Å²) in [7, 11) is 1.59. The molecule has 0 spiro atoms. The molecular weight excluding hydrogens is 522 g/mol. The van der Waals surface area contributed by atoms with Crippen molar-refractivity contribution < 1.29 is 24.1 Å². The molecular formula is C28H42ClN5O5. The lowest BCUT2D eigenvalue weighted by Gasteiger charge is -2.25. The molecule has 0 aliphatic heterocycles. The smallest absolute Gasteiger partial charge is 0.242 e. The minimum atomic E-state index is -0.312. The van der Waals surface area contributed by atoms with E-state index in [0.717, 1.165) is 24.0 Å². The normalized spacial score (nSPS) is 11.5. The maximum atomic E-state index is 13.5. The van der Waals surface area contributed by atoms with Crippen molar-refractivity contribution in [1.82, 2.24) is 19.4 Å². The molecule has 0 atom stereocenters. The Hall–Kier alpha value is -3.11. The predicted molar refractivity (Wildman–Crippen MR) is 152 cm³/mol. The van der Waals surface area contributed by atoms with Crippen molar-refractivity contribution in [3.63, 3.8) is 0 Å². The number of methoxy groups -OCH3 is 1. The maximum Gasteiger partial charge on any atom is 0.242 e. The molecule has 3 aromatic rings. The summed E-state index contributed by atoms with van der Waals surface area (Å²) in [6, 6.07) is 5.32. The lowest BCUT2D eigenvalue weighted by molar-refractivity contribution is 0.0964. The quantitative estimate of drug-likeness (QED) is 0.229. The van der Waals surface area contributed by atoms with Gasteiger partial charge in [0.2, 0.25) is 11.5 Å². The first-order valence-corrected chi connectivity index (χ1v) is 13.2. The fourth-order valence-corrected chi connectivity index (χ4v) is 4.19.